The second kappa shape index (κ2) is 7.57. The highest BCUT2D eigenvalue weighted by atomic mass is 16.2. The molecule has 0 spiro atoms. The lowest BCUT2D eigenvalue weighted by Gasteiger charge is -2.34. The number of amides is 2. The van der Waals surface area contributed by atoms with E-state index in [9.17, 15) is 4.79 Å². The molecule has 0 radical (unpaired) electrons. The number of anilines is 3. The maximum Gasteiger partial charge on any atom is 0.323 e. The largest absolute Gasteiger partial charge is 0.369 e. The molecule has 0 saturated carbocycles. The van der Waals surface area contributed by atoms with Crippen molar-refractivity contribution < 1.29 is 4.79 Å². The zero-order chi connectivity index (χ0) is 17.8. The minimum absolute atomic E-state index is 0.225. The molecule has 3 rings (SSSR count). The zero-order valence-electron chi connectivity index (χ0n) is 15.2. The van der Waals surface area contributed by atoms with Crippen LogP contribution in [0, 0.1) is 13.8 Å². The summed E-state index contributed by atoms with van der Waals surface area (Å²) in [6.45, 7) is 8.28. The maximum atomic E-state index is 12.2. The van der Waals surface area contributed by atoms with Crippen molar-refractivity contribution in [2.45, 2.75) is 13.8 Å². The van der Waals surface area contributed by atoms with Gasteiger partial charge in [0, 0.05) is 43.2 Å². The number of carbonyl (C=O) groups excluding carboxylic acids is 1. The normalized spacial score (nSPS) is 15.1. The van der Waals surface area contributed by atoms with Crippen LogP contribution >= 0.6 is 0 Å². The first-order valence-electron chi connectivity index (χ1n) is 8.69. The molecule has 1 heterocycles. The molecular weight excluding hydrogens is 312 g/mol. The van der Waals surface area contributed by atoms with Crippen LogP contribution in [0.25, 0.3) is 0 Å². The van der Waals surface area contributed by atoms with Gasteiger partial charge in [-0.25, -0.2) is 4.79 Å². The predicted octanol–water partition coefficient (Wildman–Crippen LogP) is 3.70. The number of benzene rings is 2. The Kier molecular flexibility index (Phi) is 5.24. The SMILES string of the molecule is Cc1cc(C)cc(NC(=O)Nc2ccc(N3CCN(C)CC3)cc2)c1. The third-order valence-corrected chi connectivity index (χ3v) is 4.47. The Morgan fingerprint density at radius 1 is 0.840 bits per heavy atom. The lowest BCUT2D eigenvalue weighted by molar-refractivity contribution is 0.262. The summed E-state index contributed by atoms with van der Waals surface area (Å²) in [5, 5.41) is 5.78. The summed E-state index contributed by atoms with van der Waals surface area (Å²) >= 11 is 0. The summed E-state index contributed by atoms with van der Waals surface area (Å²) in [7, 11) is 2.15. The van der Waals surface area contributed by atoms with Crippen molar-refractivity contribution in [1.29, 1.82) is 0 Å². The smallest absolute Gasteiger partial charge is 0.323 e. The molecule has 0 aromatic heterocycles. The lowest BCUT2D eigenvalue weighted by Crippen LogP contribution is -2.44. The molecule has 1 fully saturated rings. The van der Waals surface area contributed by atoms with Gasteiger partial charge in [0.15, 0.2) is 0 Å². The number of rotatable bonds is 3. The summed E-state index contributed by atoms with van der Waals surface area (Å²) in [4.78, 5) is 16.9. The van der Waals surface area contributed by atoms with Crippen LogP contribution in [0.5, 0.6) is 0 Å². The fraction of sp³-hybridized carbons (Fsp3) is 0.350. The summed E-state index contributed by atoms with van der Waals surface area (Å²) in [6.07, 6.45) is 0. The molecule has 0 bridgehead atoms. The van der Waals surface area contributed by atoms with Gasteiger partial charge < -0.3 is 20.4 Å². The lowest BCUT2D eigenvalue weighted by atomic mass is 10.1. The van der Waals surface area contributed by atoms with Crippen molar-refractivity contribution in [3.63, 3.8) is 0 Å². The summed E-state index contributed by atoms with van der Waals surface area (Å²) < 4.78 is 0. The highest BCUT2D eigenvalue weighted by molar-refractivity contribution is 5.99. The van der Waals surface area contributed by atoms with Crippen molar-refractivity contribution in [3.05, 3.63) is 53.6 Å². The van der Waals surface area contributed by atoms with E-state index >= 15 is 0 Å². The van der Waals surface area contributed by atoms with E-state index in [1.54, 1.807) is 0 Å². The zero-order valence-corrected chi connectivity index (χ0v) is 15.2. The Hall–Kier alpha value is -2.53. The Morgan fingerprint density at radius 3 is 2.00 bits per heavy atom. The van der Waals surface area contributed by atoms with Crippen molar-refractivity contribution in [2.24, 2.45) is 0 Å². The van der Waals surface area contributed by atoms with Crippen molar-refractivity contribution in [3.8, 4) is 0 Å². The number of nitrogens with one attached hydrogen (secondary N) is 2. The van der Waals surface area contributed by atoms with Crippen LogP contribution in [0.2, 0.25) is 0 Å². The quantitative estimate of drug-likeness (QED) is 0.897. The molecule has 132 valence electrons. The topological polar surface area (TPSA) is 47.6 Å². The number of hydrogen-bond donors (Lipinski definition) is 2. The minimum Gasteiger partial charge on any atom is -0.369 e. The van der Waals surface area contributed by atoms with Gasteiger partial charge in [-0.3, -0.25) is 0 Å². The van der Waals surface area contributed by atoms with E-state index in [2.05, 4.69) is 45.7 Å². The Balaban J connectivity index is 1.58. The Morgan fingerprint density at radius 2 is 1.40 bits per heavy atom. The molecule has 5 heteroatoms. The third-order valence-electron chi connectivity index (χ3n) is 4.47. The number of urea groups is 1. The first-order chi connectivity index (χ1) is 12.0. The molecule has 1 saturated heterocycles. The summed E-state index contributed by atoms with van der Waals surface area (Å²) in [5.41, 5.74) is 5.07. The Bertz CT molecular complexity index is 714. The maximum absolute atomic E-state index is 12.2. The second-order valence-corrected chi connectivity index (χ2v) is 6.79. The molecule has 0 aliphatic carbocycles. The average Bonchev–Trinajstić information content (AvgIpc) is 2.55. The van der Waals surface area contributed by atoms with Crippen molar-refractivity contribution in [2.75, 3.05) is 48.8 Å². The first kappa shape index (κ1) is 17.3. The molecule has 25 heavy (non-hydrogen) atoms. The van der Waals surface area contributed by atoms with Crippen LogP contribution in [-0.4, -0.2) is 44.2 Å². The van der Waals surface area contributed by atoms with Crippen molar-refractivity contribution in [1.82, 2.24) is 4.90 Å². The number of likely N-dealkylation sites (N-methyl/N-ethyl adjacent to an activating group) is 1. The third kappa shape index (κ3) is 4.73. The first-order valence-corrected chi connectivity index (χ1v) is 8.69. The van der Waals surface area contributed by atoms with Gasteiger partial charge in [-0.05, 0) is 68.4 Å². The van der Waals surface area contributed by atoms with Gasteiger partial charge in [0.25, 0.3) is 0 Å². The van der Waals surface area contributed by atoms with Gasteiger partial charge in [0.05, 0.1) is 0 Å². The molecule has 5 nitrogen and oxygen atoms in total. The van der Waals surface area contributed by atoms with Gasteiger partial charge in [-0.15, -0.1) is 0 Å². The monoisotopic (exact) mass is 338 g/mol. The molecule has 2 aromatic rings. The summed E-state index contributed by atoms with van der Waals surface area (Å²) in [5.74, 6) is 0. The summed E-state index contributed by atoms with van der Waals surface area (Å²) in [6, 6.07) is 13.8. The van der Waals surface area contributed by atoms with Gasteiger partial charge in [0.2, 0.25) is 0 Å². The van der Waals surface area contributed by atoms with E-state index in [1.807, 2.05) is 38.1 Å². The minimum atomic E-state index is -0.225. The molecule has 0 atom stereocenters. The number of nitrogens with zero attached hydrogens (tertiary/aromatic N) is 2. The molecule has 2 amide bonds. The molecule has 2 N–H and O–H groups in total. The molecule has 0 unspecified atom stereocenters. The van der Waals surface area contributed by atoms with Crippen molar-refractivity contribution >= 4 is 23.1 Å². The van der Waals surface area contributed by atoms with E-state index in [1.165, 1.54) is 5.69 Å². The standard InChI is InChI=1S/C20H26N4O/c1-15-12-16(2)14-18(13-15)22-20(25)21-17-4-6-19(7-5-17)24-10-8-23(3)9-11-24/h4-7,12-14H,8-11H2,1-3H3,(H2,21,22,25). The number of carbonyl (C=O) groups is 1. The van der Waals surface area contributed by atoms with Crippen LogP contribution in [0.1, 0.15) is 11.1 Å². The van der Waals surface area contributed by atoms with E-state index in [0.717, 1.165) is 48.7 Å². The average molecular weight is 338 g/mol. The van der Waals surface area contributed by atoms with Crippen LogP contribution in [0.15, 0.2) is 42.5 Å². The van der Waals surface area contributed by atoms with Crippen LogP contribution < -0.4 is 15.5 Å². The van der Waals surface area contributed by atoms with E-state index in [0.29, 0.717) is 0 Å². The van der Waals surface area contributed by atoms with E-state index in [-0.39, 0.29) is 6.03 Å². The Labute approximate surface area is 149 Å². The number of hydrogen-bond acceptors (Lipinski definition) is 3. The molecule has 2 aromatic carbocycles. The van der Waals surface area contributed by atoms with Gasteiger partial charge in [-0.2, -0.15) is 0 Å². The van der Waals surface area contributed by atoms with Gasteiger partial charge in [0.1, 0.15) is 0 Å². The van der Waals surface area contributed by atoms with Gasteiger partial charge in [-0.1, -0.05) is 6.07 Å². The highest BCUT2D eigenvalue weighted by Gasteiger charge is 2.14. The van der Waals surface area contributed by atoms with E-state index < -0.39 is 0 Å². The second-order valence-electron chi connectivity index (χ2n) is 6.79. The fourth-order valence-corrected chi connectivity index (χ4v) is 3.16. The molecule has 1 aliphatic heterocycles. The number of aryl methyl sites for hydroxylation is 2. The van der Waals surface area contributed by atoms with Gasteiger partial charge >= 0.3 is 6.03 Å². The highest BCUT2D eigenvalue weighted by Crippen LogP contribution is 2.20. The van der Waals surface area contributed by atoms with Crippen LogP contribution in [0.3, 0.4) is 0 Å². The van der Waals surface area contributed by atoms with E-state index in [4.69, 9.17) is 0 Å². The fourth-order valence-electron chi connectivity index (χ4n) is 3.16. The predicted molar refractivity (Wildman–Crippen MR) is 105 cm³/mol. The molecular formula is C20H26N4O. The van der Waals surface area contributed by atoms with Crippen LogP contribution in [-0.2, 0) is 0 Å². The molecule has 1 aliphatic rings. The van der Waals surface area contributed by atoms with Crippen LogP contribution in [0.4, 0.5) is 21.9 Å². The number of piperazine rings is 1.